The first kappa shape index (κ1) is 14.0. The lowest BCUT2D eigenvalue weighted by Crippen LogP contribution is -2.20. The number of hydrogen-bond acceptors (Lipinski definition) is 3. The summed E-state index contributed by atoms with van der Waals surface area (Å²) in [4.78, 5) is 11.8. The maximum atomic E-state index is 13.4. The van der Waals surface area contributed by atoms with Gasteiger partial charge in [-0.1, -0.05) is 12.1 Å². The van der Waals surface area contributed by atoms with Gasteiger partial charge in [0.25, 0.3) is 0 Å². The van der Waals surface area contributed by atoms with Crippen LogP contribution >= 0.6 is 0 Å². The summed E-state index contributed by atoms with van der Waals surface area (Å²) in [7, 11) is 0. The molecular formula is C15H9FN4O. The molecule has 0 saturated heterocycles. The minimum Gasteiger partial charge on any atom is -0.308 e. The molecule has 0 radical (unpaired) electrons. The average Bonchev–Trinajstić information content (AvgIpc) is 2.49. The van der Waals surface area contributed by atoms with Crippen molar-refractivity contribution < 1.29 is 9.18 Å². The molecule has 0 saturated carbocycles. The van der Waals surface area contributed by atoms with Crippen LogP contribution in [0.15, 0.2) is 42.5 Å². The SMILES string of the molecule is N#Cc1ccc(NC(=O)Nc2ccccc2F)cc1C#N. The summed E-state index contributed by atoms with van der Waals surface area (Å²) in [5, 5.41) is 22.5. The highest BCUT2D eigenvalue weighted by atomic mass is 19.1. The molecule has 5 nitrogen and oxygen atoms in total. The van der Waals surface area contributed by atoms with Crippen LogP contribution in [0.25, 0.3) is 0 Å². The minimum atomic E-state index is -0.645. The van der Waals surface area contributed by atoms with E-state index in [9.17, 15) is 9.18 Å². The van der Waals surface area contributed by atoms with E-state index in [0.717, 1.165) is 0 Å². The van der Waals surface area contributed by atoms with Gasteiger partial charge in [-0.25, -0.2) is 9.18 Å². The fraction of sp³-hybridized carbons (Fsp3) is 0. The Morgan fingerprint density at radius 3 is 2.38 bits per heavy atom. The second kappa shape index (κ2) is 6.18. The average molecular weight is 280 g/mol. The first-order valence-corrected chi connectivity index (χ1v) is 5.91. The van der Waals surface area contributed by atoms with Gasteiger partial charge in [0, 0.05) is 5.69 Å². The number of nitriles is 2. The van der Waals surface area contributed by atoms with E-state index in [4.69, 9.17) is 10.5 Å². The van der Waals surface area contributed by atoms with E-state index in [1.807, 2.05) is 12.1 Å². The lowest BCUT2D eigenvalue weighted by molar-refractivity contribution is 0.262. The summed E-state index contributed by atoms with van der Waals surface area (Å²) in [6, 6.07) is 13.1. The second-order valence-electron chi connectivity index (χ2n) is 4.04. The summed E-state index contributed by atoms with van der Waals surface area (Å²) in [6.45, 7) is 0. The molecule has 0 spiro atoms. The van der Waals surface area contributed by atoms with Crippen molar-refractivity contribution in [1.82, 2.24) is 0 Å². The van der Waals surface area contributed by atoms with Crippen LogP contribution in [0.3, 0.4) is 0 Å². The molecule has 0 fully saturated rings. The first-order valence-electron chi connectivity index (χ1n) is 5.91. The monoisotopic (exact) mass is 280 g/mol. The van der Waals surface area contributed by atoms with Crippen LogP contribution in [0.5, 0.6) is 0 Å². The Bertz CT molecular complexity index is 774. The molecule has 0 aromatic heterocycles. The Hall–Kier alpha value is -3.38. The molecule has 0 aliphatic carbocycles. The van der Waals surface area contributed by atoms with Gasteiger partial charge in [0.2, 0.25) is 0 Å². The van der Waals surface area contributed by atoms with Crippen molar-refractivity contribution in [2.45, 2.75) is 0 Å². The zero-order chi connectivity index (χ0) is 15.2. The molecule has 2 aromatic rings. The second-order valence-corrected chi connectivity index (χ2v) is 4.04. The van der Waals surface area contributed by atoms with Gasteiger partial charge in [-0.15, -0.1) is 0 Å². The first-order chi connectivity index (χ1) is 10.1. The predicted octanol–water partition coefficient (Wildman–Crippen LogP) is 3.21. The molecule has 0 atom stereocenters. The van der Waals surface area contributed by atoms with Crippen LogP contribution in [0, 0.1) is 28.5 Å². The number of halogens is 1. The van der Waals surface area contributed by atoms with Gasteiger partial charge in [0.1, 0.15) is 18.0 Å². The topological polar surface area (TPSA) is 88.7 Å². The molecule has 102 valence electrons. The summed E-state index contributed by atoms with van der Waals surface area (Å²) in [5.41, 5.74) is 0.752. The molecule has 21 heavy (non-hydrogen) atoms. The normalized spacial score (nSPS) is 9.29. The van der Waals surface area contributed by atoms with E-state index >= 15 is 0 Å². The summed E-state index contributed by atoms with van der Waals surface area (Å²) in [6.07, 6.45) is 0. The van der Waals surface area contributed by atoms with E-state index in [1.54, 1.807) is 6.07 Å². The van der Waals surface area contributed by atoms with Gasteiger partial charge in [0.05, 0.1) is 16.8 Å². The number of carbonyl (C=O) groups excluding carboxylic acids is 1. The number of amides is 2. The molecule has 0 aliphatic heterocycles. The van der Waals surface area contributed by atoms with Crippen LogP contribution < -0.4 is 10.6 Å². The fourth-order valence-corrected chi connectivity index (χ4v) is 1.66. The van der Waals surface area contributed by atoms with Crippen molar-refractivity contribution in [2.75, 3.05) is 10.6 Å². The third kappa shape index (κ3) is 3.34. The van der Waals surface area contributed by atoms with E-state index in [0.29, 0.717) is 5.69 Å². The highest BCUT2D eigenvalue weighted by Crippen LogP contribution is 2.16. The van der Waals surface area contributed by atoms with Crippen molar-refractivity contribution >= 4 is 17.4 Å². The summed E-state index contributed by atoms with van der Waals surface area (Å²) in [5.74, 6) is -0.551. The molecule has 0 unspecified atom stereocenters. The number of nitrogens with zero attached hydrogens (tertiary/aromatic N) is 2. The number of urea groups is 1. The number of para-hydroxylation sites is 1. The number of hydrogen-bond donors (Lipinski definition) is 2. The van der Waals surface area contributed by atoms with Gasteiger partial charge in [-0.05, 0) is 30.3 Å². The molecule has 0 bridgehead atoms. The van der Waals surface area contributed by atoms with Gasteiger partial charge in [-0.3, -0.25) is 0 Å². The molecule has 2 rings (SSSR count). The van der Waals surface area contributed by atoms with Gasteiger partial charge >= 0.3 is 6.03 Å². The lowest BCUT2D eigenvalue weighted by atomic mass is 10.1. The number of carbonyl (C=O) groups is 1. The Labute approximate surface area is 120 Å². The van der Waals surface area contributed by atoms with Crippen LogP contribution in [0.1, 0.15) is 11.1 Å². The highest BCUT2D eigenvalue weighted by molar-refractivity contribution is 5.99. The number of rotatable bonds is 2. The van der Waals surface area contributed by atoms with Crippen molar-refractivity contribution in [3.05, 3.63) is 59.4 Å². The van der Waals surface area contributed by atoms with Gasteiger partial charge < -0.3 is 10.6 Å². The third-order valence-corrected chi connectivity index (χ3v) is 2.64. The summed E-state index contributed by atoms with van der Waals surface area (Å²) < 4.78 is 13.4. The molecule has 2 amide bonds. The van der Waals surface area contributed by atoms with E-state index in [1.165, 1.54) is 36.4 Å². The number of nitrogens with one attached hydrogen (secondary N) is 2. The molecule has 0 aliphatic rings. The van der Waals surface area contributed by atoms with Crippen LogP contribution in [-0.2, 0) is 0 Å². The van der Waals surface area contributed by atoms with Crippen molar-refractivity contribution in [1.29, 1.82) is 10.5 Å². The smallest absolute Gasteiger partial charge is 0.308 e. The zero-order valence-corrected chi connectivity index (χ0v) is 10.7. The number of benzene rings is 2. The van der Waals surface area contributed by atoms with E-state index in [-0.39, 0.29) is 16.8 Å². The highest BCUT2D eigenvalue weighted by Gasteiger charge is 2.08. The Morgan fingerprint density at radius 2 is 1.71 bits per heavy atom. The van der Waals surface area contributed by atoms with Gasteiger partial charge in [0.15, 0.2) is 0 Å². The van der Waals surface area contributed by atoms with Crippen LogP contribution in [0.2, 0.25) is 0 Å². The zero-order valence-electron chi connectivity index (χ0n) is 10.7. The summed E-state index contributed by atoms with van der Waals surface area (Å²) >= 11 is 0. The molecule has 2 aromatic carbocycles. The Morgan fingerprint density at radius 1 is 1.00 bits per heavy atom. The predicted molar refractivity (Wildman–Crippen MR) is 74.9 cm³/mol. The third-order valence-electron chi connectivity index (χ3n) is 2.64. The molecule has 2 N–H and O–H groups in total. The lowest BCUT2D eigenvalue weighted by Gasteiger charge is -2.08. The fourth-order valence-electron chi connectivity index (χ4n) is 1.66. The largest absolute Gasteiger partial charge is 0.323 e. The maximum Gasteiger partial charge on any atom is 0.323 e. The Balaban J connectivity index is 2.12. The van der Waals surface area contributed by atoms with Crippen molar-refractivity contribution in [3.8, 4) is 12.1 Å². The van der Waals surface area contributed by atoms with Crippen LogP contribution in [-0.4, -0.2) is 6.03 Å². The quantitative estimate of drug-likeness (QED) is 0.885. The molecular weight excluding hydrogens is 271 g/mol. The number of anilines is 2. The standard InChI is InChI=1S/C15H9FN4O/c16-13-3-1-2-4-14(13)20-15(21)19-12-6-5-10(8-17)11(7-12)9-18/h1-7H,(H2,19,20,21). The minimum absolute atomic E-state index is 0.0455. The molecule has 0 heterocycles. The van der Waals surface area contributed by atoms with Crippen LogP contribution in [0.4, 0.5) is 20.6 Å². The van der Waals surface area contributed by atoms with Crippen molar-refractivity contribution in [2.24, 2.45) is 0 Å². The van der Waals surface area contributed by atoms with E-state index in [2.05, 4.69) is 10.6 Å². The Kier molecular flexibility index (Phi) is 4.13. The van der Waals surface area contributed by atoms with Gasteiger partial charge in [-0.2, -0.15) is 10.5 Å². The molecule has 6 heteroatoms. The van der Waals surface area contributed by atoms with E-state index < -0.39 is 11.8 Å². The van der Waals surface area contributed by atoms with Crippen molar-refractivity contribution in [3.63, 3.8) is 0 Å². The maximum absolute atomic E-state index is 13.4.